The maximum Gasteiger partial charge on any atom is 0.465 e. The summed E-state index contributed by atoms with van der Waals surface area (Å²) in [5.74, 6) is -6.70. The topological polar surface area (TPSA) is 150 Å². The van der Waals surface area contributed by atoms with Crippen LogP contribution in [0.25, 0.3) is 0 Å². The number of alkyl halides is 2. The average Bonchev–Trinajstić information content (AvgIpc) is 3.26. The number of hydrogen-bond acceptors (Lipinski definition) is 9. The highest BCUT2D eigenvalue weighted by atomic mass is 127. The minimum absolute atomic E-state index is 0.00933. The minimum Gasteiger partial charge on any atom is -0.454 e. The molecule has 1 N–H and O–H groups in total. The van der Waals surface area contributed by atoms with Gasteiger partial charge in [-0.25, -0.2) is 4.79 Å². The number of carbonyl (C=O) groups excluding carboxylic acids is 2. The van der Waals surface area contributed by atoms with Crippen molar-refractivity contribution in [3.05, 3.63) is 22.8 Å². The Bertz CT molecular complexity index is 1250. The fraction of sp³-hybridized carbons (Fsp3) is 0.500. The van der Waals surface area contributed by atoms with Crippen molar-refractivity contribution in [3.8, 4) is 5.75 Å². The SMILES string of the molecule is O=C(Oc1c(I)cc(I)cc1I)C1C2CC3C(OS(=O)(=O)C31)C2OC(=O)C(F)(F)S(=O)(=O)O. The van der Waals surface area contributed by atoms with Crippen LogP contribution in [0.3, 0.4) is 0 Å². The molecule has 6 atom stereocenters. The Morgan fingerprint density at radius 3 is 2.27 bits per heavy atom. The molecule has 1 aromatic rings. The summed E-state index contributed by atoms with van der Waals surface area (Å²) in [5, 5.41) is -6.61. The lowest BCUT2D eigenvalue weighted by Gasteiger charge is -2.30. The molecule has 1 aliphatic heterocycles. The molecule has 4 rings (SSSR count). The highest BCUT2D eigenvalue weighted by molar-refractivity contribution is 14.1. The molecule has 1 aromatic carbocycles. The van der Waals surface area contributed by atoms with Crippen molar-refractivity contribution in [1.82, 2.24) is 0 Å². The third-order valence-corrected chi connectivity index (χ3v) is 10.6. The maximum absolute atomic E-state index is 13.7. The summed E-state index contributed by atoms with van der Waals surface area (Å²) < 4.78 is 99.9. The van der Waals surface area contributed by atoms with Crippen LogP contribution in [0.15, 0.2) is 12.1 Å². The number of carbonyl (C=O) groups is 2. The largest absolute Gasteiger partial charge is 0.465 e. The van der Waals surface area contributed by atoms with E-state index in [9.17, 15) is 35.2 Å². The molecule has 0 spiro atoms. The Kier molecular flexibility index (Phi) is 6.77. The Morgan fingerprint density at radius 1 is 1.15 bits per heavy atom. The first-order valence-corrected chi connectivity index (χ1v) is 15.1. The van der Waals surface area contributed by atoms with Crippen LogP contribution in [0.2, 0.25) is 0 Å². The molecular formula is C16H11F2I3O10S2. The first kappa shape index (κ1) is 26.1. The van der Waals surface area contributed by atoms with Gasteiger partial charge < -0.3 is 9.47 Å². The van der Waals surface area contributed by atoms with Crippen LogP contribution < -0.4 is 4.74 Å². The molecule has 3 fully saturated rings. The van der Waals surface area contributed by atoms with Crippen molar-refractivity contribution >= 4 is 99.9 Å². The van der Waals surface area contributed by atoms with Crippen LogP contribution in [0.1, 0.15) is 6.42 Å². The third kappa shape index (κ3) is 4.29. The van der Waals surface area contributed by atoms with E-state index in [0.717, 1.165) is 3.57 Å². The van der Waals surface area contributed by atoms with Gasteiger partial charge >= 0.3 is 27.3 Å². The van der Waals surface area contributed by atoms with E-state index in [2.05, 4.69) is 27.3 Å². The van der Waals surface area contributed by atoms with E-state index < -0.39 is 72.6 Å². The van der Waals surface area contributed by atoms with Crippen LogP contribution in [0.5, 0.6) is 5.75 Å². The van der Waals surface area contributed by atoms with Crippen molar-refractivity contribution < 1.29 is 53.4 Å². The first-order valence-electron chi connectivity index (χ1n) is 8.90. The number of fused-ring (bicyclic) bond motifs is 1. The number of ether oxygens (including phenoxy) is 2. The molecule has 10 nitrogen and oxygen atoms in total. The summed E-state index contributed by atoms with van der Waals surface area (Å²) >= 11 is 5.93. The Hall–Kier alpha value is 0.0300. The molecule has 17 heteroatoms. The molecule has 1 saturated heterocycles. The van der Waals surface area contributed by atoms with Crippen molar-refractivity contribution in [3.63, 3.8) is 0 Å². The van der Waals surface area contributed by atoms with Crippen LogP contribution in [0, 0.1) is 28.5 Å². The van der Waals surface area contributed by atoms with Gasteiger partial charge in [0.1, 0.15) is 17.5 Å². The second kappa shape index (κ2) is 8.56. The number of benzene rings is 1. The van der Waals surface area contributed by atoms with E-state index >= 15 is 0 Å². The summed E-state index contributed by atoms with van der Waals surface area (Å²) in [4.78, 5) is 24.9. The zero-order valence-corrected chi connectivity index (χ0v) is 23.8. The molecule has 0 aromatic heterocycles. The number of halogens is 5. The summed E-state index contributed by atoms with van der Waals surface area (Å²) in [5.41, 5.74) is 0. The lowest BCUT2D eigenvalue weighted by molar-refractivity contribution is -0.176. The maximum atomic E-state index is 13.7. The highest BCUT2D eigenvalue weighted by Crippen LogP contribution is 2.59. The predicted molar refractivity (Wildman–Crippen MR) is 129 cm³/mol. The number of esters is 2. The second-order valence-corrected chi connectivity index (χ2v) is 14.3. The Morgan fingerprint density at radius 2 is 1.73 bits per heavy atom. The van der Waals surface area contributed by atoms with E-state index in [0.29, 0.717) is 7.14 Å². The lowest BCUT2D eigenvalue weighted by Crippen LogP contribution is -2.49. The van der Waals surface area contributed by atoms with Gasteiger partial charge in [0.2, 0.25) is 0 Å². The molecule has 0 radical (unpaired) electrons. The monoisotopic (exact) mass is 846 g/mol. The Labute approximate surface area is 226 Å². The minimum atomic E-state index is -6.14. The molecule has 6 unspecified atom stereocenters. The summed E-state index contributed by atoms with van der Waals surface area (Å²) in [6.07, 6.45) is -3.02. The van der Waals surface area contributed by atoms with Gasteiger partial charge in [-0.05, 0) is 86.3 Å². The second-order valence-electron chi connectivity index (χ2n) is 7.59. The summed E-state index contributed by atoms with van der Waals surface area (Å²) in [6, 6.07) is 3.44. The molecular weight excluding hydrogens is 835 g/mol. The molecule has 2 saturated carbocycles. The Balaban J connectivity index is 1.65. The smallest absolute Gasteiger partial charge is 0.454 e. The van der Waals surface area contributed by atoms with Gasteiger partial charge in [-0.15, -0.1) is 0 Å². The van der Waals surface area contributed by atoms with Crippen molar-refractivity contribution in [2.24, 2.45) is 17.8 Å². The predicted octanol–water partition coefficient (Wildman–Crippen LogP) is 2.16. The molecule has 2 bridgehead atoms. The fourth-order valence-electron chi connectivity index (χ4n) is 4.55. The average molecular weight is 846 g/mol. The van der Waals surface area contributed by atoms with Gasteiger partial charge in [-0.2, -0.15) is 25.6 Å². The zero-order valence-electron chi connectivity index (χ0n) is 15.7. The van der Waals surface area contributed by atoms with E-state index in [1.807, 2.05) is 45.2 Å². The lowest BCUT2D eigenvalue weighted by atomic mass is 9.84. The first-order chi connectivity index (χ1) is 15.1. The third-order valence-electron chi connectivity index (χ3n) is 5.77. The van der Waals surface area contributed by atoms with Crippen LogP contribution in [0.4, 0.5) is 8.78 Å². The van der Waals surface area contributed by atoms with Gasteiger partial charge in [0, 0.05) is 15.4 Å². The van der Waals surface area contributed by atoms with Crippen molar-refractivity contribution in [2.45, 2.75) is 29.1 Å². The summed E-state index contributed by atoms with van der Waals surface area (Å²) in [6.45, 7) is 0. The fourth-order valence-corrected chi connectivity index (χ4v) is 10.7. The van der Waals surface area contributed by atoms with Crippen molar-refractivity contribution in [1.29, 1.82) is 0 Å². The molecule has 182 valence electrons. The highest BCUT2D eigenvalue weighted by Gasteiger charge is 2.73. The molecule has 3 aliphatic rings. The van der Waals surface area contributed by atoms with Crippen molar-refractivity contribution in [2.75, 3.05) is 0 Å². The van der Waals surface area contributed by atoms with Gasteiger partial charge in [0.25, 0.3) is 10.1 Å². The van der Waals surface area contributed by atoms with Crippen LogP contribution in [-0.4, -0.2) is 56.0 Å². The van der Waals surface area contributed by atoms with Gasteiger partial charge in [0.05, 0.1) is 13.1 Å². The van der Waals surface area contributed by atoms with E-state index in [-0.39, 0.29) is 12.2 Å². The van der Waals surface area contributed by atoms with Gasteiger partial charge in [-0.1, -0.05) is 0 Å². The molecule has 1 heterocycles. The van der Waals surface area contributed by atoms with Crippen LogP contribution >= 0.6 is 67.8 Å². The molecule has 33 heavy (non-hydrogen) atoms. The molecule has 0 amide bonds. The normalized spacial score (nSPS) is 32.1. The van der Waals surface area contributed by atoms with E-state index in [4.69, 9.17) is 13.5 Å². The molecule has 2 aliphatic carbocycles. The zero-order chi connectivity index (χ0) is 24.7. The summed E-state index contributed by atoms with van der Waals surface area (Å²) in [7, 11) is -10.5. The van der Waals surface area contributed by atoms with E-state index in [1.165, 1.54) is 0 Å². The van der Waals surface area contributed by atoms with Gasteiger partial charge in [0.15, 0.2) is 5.75 Å². The quantitative estimate of drug-likeness (QED) is 0.154. The van der Waals surface area contributed by atoms with Gasteiger partial charge in [-0.3, -0.25) is 13.5 Å². The standard InChI is InChI=1S/C16H11F2I3O10S2/c17-16(18,33(26,27)28)15(23)30-10-5-3-6-11(10)31-32(24,25)13(6)9(5)14(22)29-12-7(20)1-4(19)2-8(12)21/h1-2,5-6,9-11,13H,3H2,(H,26,27,28). The van der Waals surface area contributed by atoms with Crippen LogP contribution in [-0.2, 0) is 38.7 Å². The number of hydrogen-bond donors (Lipinski definition) is 1. The van der Waals surface area contributed by atoms with E-state index in [1.54, 1.807) is 12.1 Å². The number of rotatable bonds is 5.